The Morgan fingerprint density at radius 1 is 1.13 bits per heavy atom. The molecule has 1 aromatic heterocycles. The predicted molar refractivity (Wildman–Crippen MR) is 64.7 cm³/mol. The topological polar surface area (TPSA) is 28.7 Å². The third-order valence-corrected chi connectivity index (χ3v) is 2.16. The van der Waals surface area contributed by atoms with Gasteiger partial charge in [-0.2, -0.15) is 5.10 Å². The van der Waals surface area contributed by atoms with E-state index in [0.717, 1.165) is 12.1 Å². The molecule has 0 amide bonds. The van der Waals surface area contributed by atoms with Gasteiger partial charge in [0.05, 0.1) is 11.9 Å². The van der Waals surface area contributed by atoms with Gasteiger partial charge in [0.1, 0.15) is 0 Å². The van der Waals surface area contributed by atoms with Gasteiger partial charge in [-0.15, -0.1) is 0 Å². The highest BCUT2D eigenvalue weighted by Gasteiger charge is 2.03. The van der Waals surface area contributed by atoms with Crippen LogP contribution in [-0.2, 0) is 6.42 Å². The van der Waals surface area contributed by atoms with E-state index in [4.69, 9.17) is 0 Å². The Morgan fingerprint density at radius 3 is 2.40 bits per heavy atom. The lowest BCUT2D eigenvalue weighted by molar-refractivity contribution is 1.10. The van der Waals surface area contributed by atoms with Crippen molar-refractivity contribution in [3.05, 3.63) is 42.1 Å². The highest BCUT2D eigenvalue weighted by molar-refractivity contribution is 5.62. The fourth-order valence-electron chi connectivity index (χ4n) is 1.43. The Kier molecular flexibility index (Phi) is 4.61. The Labute approximate surface area is 91.4 Å². The van der Waals surface area contributed by atoms with Crippen molar-refractivity contribution >= 4 is 0 Å². The standard InChI is InChI=1S/C11H12N2.C2H6/c1-2-9-8-12-13-11(9)10-6-4-3-5-7-10;1-2/h3-8H,2H2,1H3,(H,12,13);1-2H3. The maximum Gasteiger partial charge on any atom is 0.0682 e. The Bertz CT molecular complexity index is 376. The Hall–Kier alpha value is -1.57. The molecule has 80 valence electrons. The maximum atomic E-state index is 4.04. The summed E-state index contributed by atoms with van der Waals surface area (Å²) in [6.07, 6.45) is 2.91. The average Bonchev–Trinajstić information content (AvgIpc) is 2.81. The predicted octanol–water partition coefficient (Wildman–Crippen LogP) is 3.67. The molecule has 0 spiro atoms. The minimum Gasteiger partial charge on any atom is -0.278 e. The molecule has 0 saturated heterocycles. The first-order chi connectivity index (χ1) is 7.42. The molecule has 2 aromatic rings. The molecular formula is C13H18N2. The van der Waals surface area contributed by atoms with Crippen LogP contribution in [0.5, 0.6) is 0 Å². The summed E-state index contributed by atoms with van der Waals surface area (Å²) < 4.78 is 0. The summed E-state index contributed by atoms with van der Waals surface area (Å²) >= 11 is 0. The van der Waals surface area contributed by atoms with Crippen LogP contribution in [-0.4, -0.2) is 10.2 Å². The number of aromatic nitrogens is 2. The van der Waals surface area contributed by atoms with E-state index in [9.17, 15) is 0 Å². The van der Waals surface area contributed by atoms with Gasteiger partial charge in [-0.25, -0.2) is 0 Å². The van der Waals surface area contributed by atoms with E-state index in [-0.39, 0.29) is 0 Å². The second-order valence-electron chi connectivity index (χ2n) is 2.99. The van der Waals surface area contributed by atoms with E-state index in [1.807, 2.05) is 38.2 Å². The summed E-state index contributed by atoms with van der Waals surface area (Å²) in [4.78, 5) is 0. The molecule has 2 heteroatoms. The van der Waals surface area contributed by atoms with E-state index in [1.165, 1.54) is 11.1 Å². The van der Waals surface area contributed by atoms with Gasteiger partial charge in [0.2, 0.25) is 0 Å². The van der Waals surface area contributed by atoms with E-state index in [1.54, 1.807) is 0 Å². The first kappa shape index (κ1) is 11.5. The number of hydrogen-bond acceptors (Lipinski definition) is 1. The van der Waals surface area contributed by atoms with Crippen LogP contribution < -0.4 is 0 Å². The van der Waals surface area contributed by atoms with Crippen molar-refractivity contribution in [3.63, 3.8) is 0 Å². The fraction of sp³-hybridized carbons (Fsp3) is 0.308. The summed E-state index contributed by atoms with van der Waals surface area (Å²) in [5.74, 6) is 0. The molecule has 0 fully saturated rings. The number of H-pyrrole nitrogens is 1. The lowest BCUT2D eigenvalue weighted by Gasteiger charge is -1.99. The van der Waals surface area contributed by atoms with Crippen LogP contribution in [0.3, 0.4) is 0 Å². The summed E-state index contributed by atoms with van der Waals surface area (Å²) in [5, 5.41) is 7.07. The molecule has 0 atom stereocenters. The number of nitrogens with zero attached hydrogens (tertiary/aromatic N) is 1. The van der Waals surface area contributed by atoms with Gasteiger partial charge in [-0.1, -0.05) is 51.1 Å². The zero-order chi connectivity index (χ0) is 11.1. The van der Waals surface area contributed by atoms with Gasteiger partial charge in [0, 0.05) is 0 Å². The number of aromatic amines is 1. The second kappa shape index (κ2) is 6.02. The molecule has 2 nitrogen and oxygen atoms in total. The third-order valence-electron chi connectivity index (χ3n) is 2.16. The molecule has 0 saturated carbocycles. The molecule has 1 aromatic carbocycles. The monoisotopic (exact) mass is 202 g/mol. The highest BCUT2D eigenvalue weighted by atomic mass is 15.1. The molecule has 2 rings (SSSR count). The van der Waals surface area contributed by atoms with Crippen molar-refractivity contribution in [2.24, 2.45) is 0 Å². The fourth-order valence-corrected chi connectivity index (χ4v) is 1.43. The second-order valence-corrected chi connectivity index (χ2v) is 2.99. The van der Waals surface area contributed by atoms with Crippen LogP contribution in [0.1, 0.15) is 26.3 Å². The molecule has 0 radical (unpaired) electrons. The van der Waals surface area contributed by atoms with Gasteiger partial charge >= 0.3 is 0 Å². The van der Waals surface area contributed by atoms with Crippen LogP contribution in [0.4, 0.5) is 0 Å². The molecule has 1 N–H and O–H groups in total. The van der Waals surface area contributed by atoms with Crippen molar-refractivity contribution in [2.75, 3.05) is 0 Å². The summed E-state index contributed by atoms with van der Waals surface area (Å²) in [5.41, 5.74) is 3.62. The van der Waals surface area contributed by atoms with Gasteiger partial charge < -0.3 is 0 Å². The Balaban J connectivity index is 0.000000531. The molecule has 0 unspecified atom stereocenters. The van der Waals surface area contributed by atoms with Gasteiger partial charge in [0.25, 0.3) is 0 Å². The van der Waals surface area contributed by atoms with Gasteiger partial charge in [-0.05, 0) is 17.5 Å². The van der Waals surface area contributed by atoms with Crippen molar-refractivity contribution in [2.45, 2.75) is 27.2 Å². The van der Waals surface area contributed by atoms with E-state index in [0.29, 0.717) is 0 Å². The first-order valence-corrected chi connectivity index (χ1v) is 5.49. The first-order valence-electron chi connectivity index (χ1n) is 5.49. The van der Waals surface area contributed by atoms with Crippen LogP contribution in [0, 0.1) is 0 Å². The van der Waals surface area contributed by atoms with Crippen LogP contribution >= 0.6 is 0 Å². The average molecular weight is 202 g/mol. The number of hydrogen-bond donors (Lipinski definition) is 1. The molecule has 1 heterocycles. The molecule has 0 bridgehead atoms. The molecule has 15 heavy (non-hydrogen) atoms. The zero-order valence-corrected chi connectivity index (χ0v) is 9.62. The van der Waals surface area contributed by atoms with Gasteiger partial charge in [-0.3, -0.25) is 5.10 Å². The summed E-state index contributed by atoms with van der Waals surface area (Å²) in [6.45, 7) is 6.14. The summed E-state index contributed by atoms with van der Waals surface area (Å²) in [6, 6.07) is 10.3. The minimum absolute atomic E-state index is 1.01. The largest absolute Gasteiger partial charge is 0.278 e. The van der Waals surface area contributed by atoms with E-state index < -0.39 is 0 Å². The highest BCUT2D eigenvalue weighted by Crippen LogP contribution is 2.20. The normalized spacial score (nSPS) is 9.27. The lowest BCUT2D eigenvalue weighted by atomic mass is 10.1. The van der Waals surface area contributed by atoms with Crippen molar-refractivity contribution in [1.82, 2.24) is 10.2 Å². The molecule has 0 aliphatic heterocycles. The molecular weight excluding hydrogens is 184 g/mol. The molecule has 0 aliphatic rings. The summed E-state index contributed by atoms with van der Waals surface area (Å²) in [7, 11) is 0. The van der Waals surface area contributed by atoms with Crippen LogP contribution in [0.2, 0.25) is 0 Å². The van der Waals surface area contributed by atoms with Crippen molar-refractivity contribution < 1.29 is 0 Å². The number of aryl methyl sites for hydroxylation is 1. The van der Waals surface area contributed by atoms with Crippen molar-refractivity contribution in [1.29, 1.82) is 0 Å². The molecule has 0 aliphatic carbocycles. The quantitative estimate of drug-likeness (QED) is 0.791. The van der Waals surface area contributed by atoms with E-state index >= 15 is 0 Å². The van der Waals surface area contributed by atoms with Gasteiger partial charge in [0.15, 0.2) is 0 Å². The Morgan fingerprint density at radius 2 is 1.80 bits per heavy atom. The third kappa shape index (κ3) is 2.69. The number of benzene rings is 1. The van der Waals surface area contributed by atoms with Crippen LogP contribution in [0.15, 0.2) is 36.5 Å². The number of nitrogens with one attached hydrogen (secondary N) is 1. The minimum atomic E-state index is 1.01. The van der Waals surface area contributed by atoms with Crippen molar-refractivity contribution in [3.8, 4) is 11.3 Å². The zero-order valence-electron chi connectivity index (χ0n) is 9.62. The van der Waals surface area contributed by atoms with E-state index in [2.05, 4.69) is 29.3 Å². The van der Waals surface area contributed by atoms with Crippen LogP contribution in [0.25, 0.3) is 11.3 Å². The lowest BCUT2D eigenvalue weighted by Crippen LogP contribution is -1.83. The maximum absolute atomic E-state index is 4.04. The number of rotatable bonds is 2. The smallest absolute Gasteiger partial charge is 0.0682 e. The SMILES string of the molecule is CC.CCc1cn[nH]c1-c1ccccc1.